The van der Waals surface area contributed by atoms with Gasteiger partial charge in [0.05, 0.1) is 11.9 Å². The molecule has 1 aromatic heterocycles. The highest BCUT2D eigenvalue weighted by Gasteiger charge is 2.20. The number of hydrogen-bond acceptors (Lipinski definition) is 5. The molecule has 2 aromatic rings. The van der Waals surface area contributed by atoms with Crippen molar-refractivity contribution in [3.63, 3.8) is 0 Å². The summed E-state index contributed by atoms with van der Waals surface area (Å²) < 4.78 is 0. The maximum absolute atomic E-state index is 13.0. The maximum atomic E-state index is 13.0. The topological polar surface area (TPSA) is 78.4 Å². The van der Waals surface area contributed by atoms with Gasteiger partial charge in [0.15, 0.2) is 0 Å². The van der Waals surface area contributed by atoms with E-state index in [1.807, 2.05) is 25.1 Å². The quantitative estimate of drug-likeness (QED) is 0.635. The molecule has 1 aliphatic heterocycles. The van der Waals surface area contributed by atoms with E-state index < -0.39 is 0 Å². The van der Waals surface area contributed by atoms with Crippen LogP contribution in [0.15, 0.2) is 42.7 Å². The highest BCUT2D eigenvalue weighted by molar-refractivity contribution is 5.92. The molecule has 0 saturated carbocycles. The molecule has 0 unspecified atom stereocenters. The van der Waals surface area contributed by atoms with E-state index in [2.05, 4.69) is 32.3 Å². The summed E-state index contributed by atoms with van der Waals surface area (Å²) in [4.78, 5) is 37.9. The second kappa shape index (κ2) is 12.2. The molecule has 31 heavy (non-hydrogen) atoms. The molecule has 0 atom stereocenters. The van der Waals surface area contributed by atoms with Crippen LogP contribution in [-0.2, 0) is 11.2 Å². The van der Waals surface area contributed by atoms with Gasteiger partial charge in [-0.1, -0.05) is 36.8 Å². The number of aromatic nitrogens is 2. The van der Waals surface area contributed by atoms with Gasteiger partial charge in [-0.25, -0.2) is 4.98 Å². The Hall–Kier alpha value is -2.80. The number of hydrogen-bond donors (Lipinski definition) is 1. The van der Waals surface area contributed by atoms with Crippen molar-refractivity contribution in [2.24, 2.45) is 0 Å². The van der Waals surface area contributed by atoms with Gasteiger partial charge in [-0.15, -0.1) is 0 Å². The van der Waals surface area contributed by atoms with Gasteiger partial charge in [-0.05, 0) is 44.8 Å². The smallest absolute Gasteiger partial charge is 0.274 e. The predicted octanol–water partition coefficient (Wildman–Crippen LogP) is 2.46. The standard InChI is InChI=1S/C24H33N5O2/c1-20-18-27-22(19-26-20)24(31)29(17-16-28-13-6-3-7-14-28)15-11-23(30)25-12-10-21-8-4-2-5-9-21/h2,4-5,8-9,18-19H,3,6-7,10-17H2,1H3,(H,25,30). The van der Waals surface area contributed by atoms with E-state index in [1.165, 1.54) is 31.0 Å². The van der Waals surface area contributed by atoms with Gasteiger partial charge in [-0.2, -0.15) is 0 Å². The summed E-state index contributed by atoms with van der Waals surface area (Å²) in [6, 6.07) is 10.1. The summed E-state index contributed by atoms with van der Waals surface area (Å²) in [5.41, 5.74) is 2.29. The second-order valence-corrected chi connectivity index (χ2v) is 8.07. The average Bonchev–Trinajstić information content (AvgIpc) is 2.80. The van der Waals surface area contributed by atoms with E-state index >= 15 is 0 Å². The van der Waals surface area contributed by atoms with E-state index in [9.17, 15) is 9.59 Å². The Kier molecular flexibility index (Phi) is 8.97. The third-order valence-electron chi connectivity index (χ3n) is 5.61. The molecule has 0 spiro atoms. The van der Waals surface area contributed by atoms with Crippen LogP contribution in [0.1, 0.15) is 47.4 Å². The molecule has 166 valence electrons. The van der Waals surface area contributed by atoms with Crippen LogP contribution in [-0.4, -0.2) is 70.9 Å². The Morgan fingerprint density at radius 2 is 1.81 bits per heavy atom. The molecule has 7 nitrogen and oxygen atoms in total. The zero-order valence-electron chi connectivity index (χ0n) is 18.4. The van der Waals surface area contributed by atoms with Gasteiger partial charge in [0.25, 0.3) is 5.91 Å². The Morgan fingerprint density at radius 1 is 1.03 bits per heavy atom. The van der Waals surface area contributed by atoms with Gasteiger partial charge in [-0.3, -0.25) is 14.6 Å². The van der Waals surface area contributed by atoms with Crippen molar-refractivity contribution in [3.8, 4) is 0 Å². The number of nitrogens with zero attached hydrogens (tertiary/aromatic N) is 4. The number of nitrogens with one attached hydrogen (secondary N) is 1. The van der Waals surface area contributed by atoms with Crippen molar-refractivity contribution in [1.82, 2.24) is 25.1 Å². The third kappa shape index (κ3) is 7.75. The first-order chi connectivity index (χ1) is 15.1. The lowest BCUT2D eigenvalue weighted by Gasteiger charge is -2.30. The molecule has 2 amide bonds. The molecular formula is C24H33N5O2. The largest absolute Gasteiger partial charge is 0.356 e. The summed E-state index contributed by atoms with van der Waals surface area (Å²) in [6.45, 7) is 6.37. The van der Waals surface area contributed by atoms with Crippen LogP contribution in [0.4, 0.5) is 0 Å². The lowest BCUT2D eigenvalue weighted by Crippen LogP contribution is -2.42. The van der Waals surface area contributed by atoms with Crippen LogP contribution in [0.2, 0.25) is 0 Å². The van der Waals surface area contributed by atoms with Crippen molar-refractivity contribution in [2.75, 3.05) is 39.3 Å². The molecule has 1 saturated heterocycles. The molecule has 0 aliphatic carbocycles. The predicted molar refractivity (Wildman–Crippen MR) is 121 cm³/mol. The Balaban J connectivity index is 1.51. The van der Waals surface area contributed by atoms with Gasteiger partial charge < -0.3 is 15.1 Å². The number of aryl methyl sites for hydroxylation is 1. The van der Waals surface area contributed by atoms with Gasteiger partial charge in [0, 0.05) is 38.8 Å². The van der Waals surface area contributed by atoms with E-state index in [4.69, 9.17) is 0 Å². The number of carbonyl (C=O) groups is 2. The number of likely N-dealkylation sites (tertiary alicyclic amines) is 1. The van der Waals surface area contributed by atoms with Crippen LogP contribution in [0.25, 0.3) is 0 Å². The Labute approximate surface area is 184 Å². The molecule has 1 aliphatic rings. The van der Waals surface area contributed by atoms with E-state index in [0.29, 0.717) is 25.3 Å². The van der Waals surface area contributed by atoms with Gasteiger partial charge in [0.1, 0.15) is 5.69 Å². The Bertz CT molecular complexity index is 820. The fourth-order valence-electron chi connectivity index (χ4n) is 3.74. The van der Waals surface area contributed by atoms with Crippen molar-refractivity contribution < 1.29 is 9.59 Å². The van der Waals surface area contributed by atoms with Crippen molar-refractivity contribution in [3.05, 3.63) is 59.7 Å². The fourth-order valence-corrected chi connectivity index (χ4v) is 3.74. The number of piperidine rings is 1. The highest BCUT2D eigenvalue weighted by Crippen LogP contribution is 2.09. The van der Waals surface area contributed by atoms with Crippen LogP contribution in [0, 0.1) is 6.92 Å². The summed E-state index contributed by atoms with van der Waals surface area (Å²) in [6.07, 6.45) is 7.89. The zero-order chi connectivity index (χ0) is 21.9. The number of rotatable bonds is 10. The van der Waals surface area contributed by atoms with Crippen LogP contribution in [0.3, 0.4) is 0 Å². The number of amides is 2. The summed E-state index contributed by atoms with van der Waals surface area (Å²) >= 11 is 0. The first-order valence-electron chi connectivity index (χ1n) is 11.2. The molecule has 0 bridgehead atoms. The van der Waals surface area contributed by atoms with Crippen molar-refractivity contribution in [2.45, 2.75) is 39.0 Å². The SMILES string of the molecule is Cc1cnc(C(=O)N(CCC(=O)NCCc2ccccc2)CCN2CCCCC2)cn1. The minimum absolute atomic E-state index is 0.0401. The molecule has 1 N–H and O–H groups in total. The van der Waals surface area contributed by atoms with E-state index in [1.54, 1.807) is 11.1 Å². The molecular weight excluding hydrogens is 390 g/mol. The second-order valence-electron chi connectivity index (χ2n) is 8.07. The summed E-state index contributed by atoms with van der Waals surface area (Å²) in [5, 5.41) is 2.96. The molecule has 2 heterocycles. The van der Waals surface area contributed by atoms with E-state index in [0.717, 1.165) is 31.7 Å². The first kappa shape index (κ1) is 22.9. The van der Waals surface area contributed by atoms with Crippen LogP contribution in [0.5, 0.6) is 0 Å². The van der Waals surface area contributed by atoms with Crippen molar-refractivity contribution in [1.29, 1.82) is 0 Å². The molecule has 7 heteroatoms. The lowest BCUT2D eigenvalue weighted by atomic mass is 10.1. The molecule has 1 aromatic carbocycles. The van der Waals surface area contributed by atoms with E-state index in [-0.39, 0.29) is 18.2 Å². The van der Waals surface area contributed by atoms with Crippen LogP contribution < -0.4 is 5.32 Å². The highest BCUT2D eigenvalue weighted by atomic mass is 16.2. The normalized spacial score (nSPS) is 14.2. The minimum Gasteiger partial charge on any atom is -0.356 e. The zero-order valence-corrected chi connectivity index (χ0v) is 18.4. The third-order valence-corrected chi connectivity index (χ3v) is 5.61. The lowest BCUT2D eigenvalue weighted by molar-refractivity contribution is -0.121. The monoisotopic (exact) mass is 423 g/mol. The molecule has 0 radical (unpaired) electrons. The van der Waals surface area contributed by atoms with Gasteiger partial charge in [0.2, 0.25) is 5.91 Å². The van der Waals surface area contributed by atoms with Gasteiger partial charge >= 0.3 is 0 Å². The minimum atomic E-state index is -0.165. The summed E-state index contributed by atoms with van der Waals surface area (Å²) in [5.74, 6) is -0.205. The molecule has 3 rings (SSSR count). The first-order valence-corrected chi connectivity index (χ1v) is 11.2. The fraction of sp³-hybridized carbons (Fsp3) is 0.500. The Morgan fingerprint density at radius 3 is 2.52 bits per heavy atom. The number of carbonyl (C=O) groups excluding carboxylic acids is 2. The number of benzene rings is 1. The molecule has 1 fully saturated rings. The maximum Gasteiger partial charge on any atom is 0.274 e. The average molecular weight is 424 g/mol. The summed E-state index contributed by atoms with van der Waals surface area (Å²) in [7, 11) is 0. The van der Waals surface area contributed by atoms with Crippen LogP contribution >= 0.6 is 0 Å². The van der Waals surface area contributed by atoms with Crippen molar-refractivity contribution >= 4 is 11.8 Å².